The molecule has 2 aliphatic rings. The van der Waals surface area contributed by atoms with E-state index in [0.29, 0.717) is 11.3 Å². The van der Waals surface area contributed by atoms with E-state index in [9.17, 15) is 9.59 Å². The summed E-state index contributed by atoms with van der Waals surface area (Å²) in [5, 5.41) is 7.00. The first-order chi connectivity index (χ1) is 13.1. The SMILES string of the molecule is COc1nn(C)cc1C(=O)Nc1ccc2c(c1)N(C(=O)C1CCCC1)CC2. The van der Waals surface area contributed by atoms with Crippen molar-refractivity contribution in [3.05, 3.63) is 35.5 Å². The summed E-state index contributed by atoms with van der Waals surface area (Å²) >= 11 is 0. The molecule has 4 rings (SSSR count). The fourth-order valence-corrected chi connectivity index (χ4v) is 4.05. The maximum Gasteiger partial charge on any atom is 0.262 e. The molecule has 2 heterocycles. The number of amides is 2. The van der Waals surface area contributed by atoms with Crippen LogP contribution in [0.3, 0.4) is 0 Å². The molecule has 1 saturated carbocycles. The second-order valence-electron chi connectivity index (χ2n) is 7.24. The van der Waals surface area contributed by atoms with Crippen LogP contribution in [0.4, 0.5) is 11.4 Å². The lowest BCUT2D eigenvalue weighted by Gasteiger charge is -2.21. The fourth-order valence-electron chi connectivity index (χ4n) is 4.05. The first kappa shape index (κ1) is 17.6. The summed E-state index contributed by atoms with van der Waals surface area (Å²) in [6.07, 6.45) is 6.74. The molecule has 1 fully saturated rings. The van der Waals surface area contributed by atoms with Crippen LogP contribution in [0.5, 0.6) is 5.88 Å². The summed E-state index contributed by atoms with van der Waals surface area (Å²) in [4.78, 5) is 27.4. The van der Waals surface area contributed by atoms with Crippen molar-refractivity contribution in [3.8, 4) is 5.88 Å². The van der Waals surface area contributed by atoms with Gasteiger partial charge in [0.05, 0.1) is 7.11 Å². The average molecular weight is 368 g/mol. The summed E-state index contributed by atoms with van der Waals surface area (Å²) in [5.74, 6) is 0.373. The molecular weight excluding hydrogens is 344 g/mol. The molecule has 0 unspecified atom stereocenters. The zero-order chi connectivity index (χ0) is 19.0. The van der Waals surface area contributed by atoms with Crippen molar-refractivity contribution >= 4 is 23.2 Å². The molecule has 1 aromatic carbocycles. The van der Waals surface area contributed by atoms with Crippen molar-refractivity contribution in [1.29, 1.82) is 0 Å². The number of carbonyl (C=O) groups excluding carboxylic acids is 2. The molecule has 2 aromatic rings. The van der Waals surface area contributed by atoms with Gasteiger partial charge in [-0.25, -0.2) is 0 Å². The molecule has 0 saturated heterocycles. The van der Waals surface area contributed by atoms with Gasteiger partial charge in [0, 0.05) is 37.1 Å². The van der Waals surface area contributed by atoms with Crippen molar-refractivity contribution in [2.24, 2.45) is 13.0 Å². The largest absolute Gasteiger partial charge is 0.479 e. The molecule has 142 valence electrons. The number of hydrogen-bond acceptors (Lipinski definition) is 4. The van der Waals surface area contributed by atoms with Crippen molar-refractivity contribution in [2.75, 3.05) is 23.9 Å². The van der Waals surface area contributed by atoms with E-state index in [1.54, 1.807) is 17.9 Å². The number of anilines is 2. The molecule has 7 heteroatoms. The van der Waals surface area contributed by atoms with Crippen LogP contribution in [-0.4, -0.2) is 35.2 Å². The Hall–Kier alpha value is -2.83. The van der Waals surface area contributed by atoms with Gasteiger partial charge in [0.1, 0.15) is 5.56 Å². The Balaban J connectivity index is 1.54. The van der Waals surface area contributed by atoms with E-state index in [1.807, 2.05) is 23.1 Å². The number of ether oxygens (including phenoxy) is 1. The van der Waals surface area contributed by atoms with E-state index in [2.05, 4.69) is 10.4 Å². The van der Waals surface area contributed by atoms with E-state index in [0.717, 1.165) is 49.9 Å². The first-order valence-corrected chi connectivity index (χ1v) is 9.40. The molecule has 0 atom stereocenters. The molecule has 1 aliphatic carbocycles. The molecule has 2 amide bonds. The van der Waals surface area contributed by atoms with Crippen molar-refractivity contribution < 1.29 is 14.3 Å². The van der Waals surface area contributed by atoms with Crippen LogP contribution in [0.25, 0.3) is 0 Å². The number of nitrogens with one attached hydrogen (secondary N) is 1. The van der Waals surface area contributed by atoms with Gasteiger partial charge in [-0.2, -0.15) is 0 Å². The maximum absolute atomic E-state index is 12.9. The lowest BCUT2D eigenvalue weighted by Crippen LogP contribution is -2.33. The van der Waals surface area contributed by atoms with Crippen LogP contribution in [-0.2, 0) is 18.3 Å². The Bertz CT molecular complexity index is 883. The fraction of sp³-hybridized carbons (Fsp3) is 0.450. The van der Waals surface area contributed by atoms with Crippen LogP contribution in [0.15, 0.2) is 24.4 Å². The summed E-state index contributed by atoms with van der Waals surface area (Å²) in [5.41, 5.74) is 3.11. The van der Waals surface area contributed by atoms with Gasteiger partial charge in [0.15, 0.2) is 0 Å². The predicted octanol–water partition coefficient (Wildman–Crippen LogP) is 2.76. The lowest BCUT2D eigenvalue weighted by molar-refractivity contribution is -0.122. The van der Waals surface area contributed by atoms with Crippen LogP contribution in [0.2, 0.25) is 0 Å². The molecule has 0 bridgehead atoms. The van der Waals surface area contributed by atoms with E-state index in [4.69, 9.17) is 4.74 Å². The van der Waals surface area contributed by atoms with Gasteiger partial charge in [0.25, 0.3) is 5.91 Å². The topological polar surface area (TPSA) is 76.5 Å². The predicted molar refractivity (Wildman–Crippen MR) is 102 cm³/mol. The number of methoxy groups -OCH3 is 1. The first-order valence-electron chi connectivity index (χ1n) is 9.40. The highest BCUT2D eigenvalue weighted by molar-refractivity contribution is 6.06. The zero-order valence-corrected chi connectivity index (χ0v) is 15.7. The molecule has 0 radical (unpaired) electrons. The van der Waals surface area contributed by atoms with Crippen molar-refractivity contribution in [2.45, 2.75) is 32.1 Å². The molecule has 1 aliphatic heterocycles. The number of fused-ring (bicyclic) bond motifs is 1. The normalized spacial score (nSPS) is 16.4. The maximum atomic E-state index is 12.9. The standard InChI is InChI=1S/C20H24N4O3/c1-23-12-16(19(22-23)27-2)18(25)21-15-8-7-13-9-10-24(17(13)11-15)20(26)14-5-3-4-6-14/h7-8,11-12,14H,3-6,9-10H2,1-2H3,(H,21,25). The number of hydrogen-bond donors (Lipinski definition) is 1. The van der Waals surface area contributed by atoms with Gasteiger partial charge in [-0.05, 0) is 37.0 Å². The minimum Gasteiger partial charge on any atom is -0.479 e. The lowest BCUT2D eigenvalue weighted by atomic mass is 10.1. The minimum absolute atomic E-state index is 0.147. The Morgan fingerprint density at radius 3 is 2.78 bits per heavy atom. The summed E-state index contributed by atoms with van der Waals surface area (Å²) in [6.45, 7) is 0.721. The van der Waals surface area contributed by atoms with Crippen LogP contribution < -0.4 is 15.0 Å². The van der Waals surface area contributed by atoms with Gasteiger partial charge in [-0.15, -0.1) is 5.10 Å². The quantitative estimate of drug-likeness (QED) is 0.900. The van der Waals surface area contributed by atoms with E-state index in [-0.39, 0.29) is 23.6 Å². The number of aromatic nitrogens is 2. The number of nitrogens with zero attached hydrogens (tertiary/aromatic N) is 3. The monoisotopic (exact) mass is 368 g/mol. The van der Waals surface area contributed by atoms with Gasteiger partial charge in [-0.1, -0.05) is 18.9 Å². The van der Waals surface area contributed by atoms with Crippen LogP contribution in [0, 0.1) is 5.92 Å². The smallest absolute Gasteiger partial charge is 0.262 e. The molecule has 1 N–H and O–H groups in total. The van der Waals surface area contributed by atoms with Gasteiger partial charge in [0.2, 0.25) is 11.8 Å². The number of benzene rings is 1. The third kappa shape index (κ3) is 3.29. The zero-order valence-electron chi connectivity index (χ0n) is 15.7. The molecule has 27 heavy (non-hydrogen) atoms. The number of carbonyl (C=O) groups is 2. The van der Waals surface area contributed by atoms with Gasteiger partial charge >= 0.3 is 0 Å². The Morgan fingerprint density at radius 2 is 2.04 bits per heavy atom. The van der Waals surface area contributed by atoms with E-state index >= 15 is 0 Å². The Labute approximate surface area is 158 Å². The average Bonchev–Trinajstić information content (AvgIpc) is 3.40. The van der Waals surface area contributed by atoms with Gasteiger partial charge in [-0.3, -0.25) is 14.3 Å². The highest BCUT2D eigenvalue weighted by Gasteiger charge is 2.32. The third-order valence-electron chi connectivity index (χ3n) is 5.44. The molecular formula is C20H24N4O3. The van der Waals surface area contributed by atoms with Crippen LogP contribution in [0.1, 0.15) is 41.6 Å². The molecule has 1 aromatic heterocycles. The highest BCUT2D eigenvalue weighted by atomic mass is 16.5. The third-order valence-corrected chi connectivity index (χ3v) is 5.44. The Kier molecular flexibility index (Phi) is 4.59. The highest BCUT2D eigenvalue weighted by Crippen LogP contribution is 2.35. The Morgan fingerprint density at radius 1 is 1.26 bits per heavy atom. The summed E-state index contributed by atoms with van der Waals surface area (Å²) in [6, 6.07) is 5.77. The van der Waals surface area contributed by atoms with E-state index in [1.165, 1.54) is 7.11 Å². The van der Waals surface area contributed by atoms with E-state index < -0.39 is 0 Å². The second-order valence-corrected chi connectivity index (χ2v) is 7.24. The van der Waals surface area contributed by atoms with Crippen LogP contribution >= 0.6 is 0 Å². The van der Waals surface area contributed by atoms with Crippen molar-refractivity contribution in [1.82, 2.24) is 9.78 Å². The minimum atomic E-state index is -0.286. The second kappa shape index (κ2) is 7.06. The van der Waals surface area contributed by atoms with Gasteiger partial charge < -0.3 is 15.0 Å². The number of aryl methyl sites for hydroxylation is 1. The molecule has 0 spiro atoms. The molecule has 7 nitrogen and oxygen atoms in total. The summed E-state index contributed by atoms with van der Waals surface area (Å²) in [7, 11) is 3.22. The summed E-state index contributed by atoms with van der Waals surface area (Å²) < 4.78 is 6.70. The number of rotatable bonds is 4. The van der Waals surface area contributed by atoms with Crippen molar-refractivity contribution in [3.63, 3.8) is 0 Å².